The maximum absolute atomic E-state index is 13.5. The van der Waals surface area contributed by atoms with Crippen molar-refractivity contribution >= 4 is 29.5 Å². The minimum absolute atomic E-state index is 0.123. The smallest absolute Gasteiger partial charge is 0.343 e. The van der Waals surface area contributed by atoms with E-state index < -0.39 is 35.9 Å². The molecule has 0 atom stereocenters. The third-order valence-electron chi connectivity index (χ3n) is 2.76. The fraction of sp³-hybridized carbons (Fsp3) is 0.400. The van der Waals surface area contributed by atoms with Crippen molar-refractivity contribution < 1.29 is 23.5 Å². The molecule has 0 radical (unpaired) electrons. The number of hydrogen-bond acceptors (Lipinski definition) is 4. The van der Waals surface area contributed by atoms with E-state index in [1.54, 1.807) is 0 Å². The van der Waals surface area contributed by atoms with Crippen LogP contribution in [0.25, 0.3) is 0 Å². The van der Waals surface area contributed by atoms with Crippen molar-refractivity contribution in [3.8, 4) is 0 Å². The summed E-state index contributed by atoms with van der Waals surface area (Å²) in [4.78, 5) is 34.6. The first-order chi connectivity index (χ1) is 10.8. The average Bonchev–Trinajstić information content (AvgIpc) is 2.44. The zero-order valence-corrected chi connectivity index (χ0v) is 13.6. The highest BCUT2D eigenvalue weighted by Gasteiger charge is 2.18. The molecule has 0 aliphatic rings. The number of rotatable bonds is 6. The number of halogens is 2. The molecular formula is C15H18ClFN2O4. The van der Waals surface area contributed by atoms with Crippen LogP contribution < -0.4 is 10.6 Å². The topological polar surface area (TPSA) is 84.5 Å². The van der Waals surface area contributed by atoms with Gasteiger partial charge in [-0.3, -0.25) is 10.1 Å². The van der Waals surface area contributed by atoms with Crippen LogP contribution in [0.5, 0.6) is 0 Å². The number of hydrogen-bond donors (Lipinski definition) is 2. The Morgan fingerprint density at radius 1 is 1.30 bits per heavy atom. The first-order valence-corrected chi connectivity index (χ1v) is 7.38. The molecule has 0 saturated heterocycles. The Hall–Kier alpha value is -2.15. The van der Waals surface area contributed by atoms with Crippen molar-refractivity contribution in [3.05, 3.63) is 34.6 Å². The number of urea groups is 1. The summed E-state index contributed by atoms with van der Waals surface area (Å²) in [7, 11) is 0. The lowest BCUT2D eigenvalue weighted by Gasteiger charge is -2.09. The second-order valence-corrected chi connectivity index (χ2v) is 5.57. The number of carbonyl (C=O) groups is 3. The molecule has 0 bridgehead atoms. The zero-order valence-electron chi connectivity index (χ0n) is 12.8. The van der Waals surface area contributed by atoms with E-state index >= 15 is 0 Å². The summed E-state index contributed by atoms with van der Waals surface area (Å²) >= 11 is 5.70. The molecule has 1 aromatic rings. The van der Waals surface area contributed by atoms with Gasteiger partial charge in [0.1, 0.15) is 11.4 Å². The van der Waals surface area contributed by atoms with Crippen LogP contribution in [0.4, 0.5) is 9.18 Å². The summed E-state index contributed by atoms with van der Waals surface area (Å²) < 4.78 is 18.1. The van der Waals surface area contributed by atoms with Gasteiger partial charge in [-0.2, -0.15) is 0 Å². The molecule has 0 aliphatic heterocycles. The lowest BCUT2D eigenvalue weighted by Crippen LogP contribution is -2.42. The van der Waals surface area contributed by atoms with Crippen LogP contribution in [0.1, 0.15) is 30.6 Å². The fourth-order valence-electron chi connectivity index (χ4n) is 1.58. The first kappa shape index (κ1) is 18.9. The number of ether oxygens (including phenoxy) is 1. The molecule has 6 nitrogen and oxygen atoms in total. The van der Waals surface area contributed by atoms with E-state index in [-0.39, 0.29) is 5.02 Å². The maximum Gasteiger partial charge on any atom is 0.343 e. The Balaban J connectivity index is 2.41. The second kappa shape index (κ2) is 9.09. The molecule has 126 valence electrons. The van der Waals surface area contributed by atoms with Crippen molar-refractivity contribution in [1.82, 2.24) is 10.6 Å². The van der Waals surface area contributed by atoms with Gasteiger partial charge in [-0.1, -0.05) is 31.5 Å². The standard InChI is InChI=1S/C15H18ClFN2O4/c1-9(2)6-7-18-15(22)19-12(20)8-23-14(21)13-10(16)4-3-5-11(13)17/h3-5,9H,6-8H2,1-2H3,(H2,18,19,20,22). The molecule has 0 aliphatic carbocycles. The van der Waals surface area contributed by atoms with Crippen LogP contribution in [-0.4, -0.2) is 31.1 Å². The summed E-state index contributed by atoms with van der Waals surface area (Å²) in [5.41, 5.74) is -0.455. The van der Waals surface area contributed by atoms with Gasteiger partial charge in [-0.05, 0) is 24.5 Å². The molecule has 0 spiro atoms. The Labute approximate surface area is 138 Å². The van der Waals surface area contributed by atoms with Crippen molar-refractivity contribution in [2.75, 3.05) is 13.2 Å². The summed E-state index contributed by atoms with van der Waals surface area (Å²) in [5, 5.41) is 4.36. The molecule has 0 aromatic heterocycles. The van der Waals surface area contributed by atoms with Crippen molar-refractivity contribution in [2.45, 2.75) is 20.3 Å². The summed E-state index contributed by atoms with van der Waals surface area (Å²) in [6.07, 6.45) is 0.766. The molecule has 0 fully saturated rings. The molecule has 23 heavy (non-hydrogen) atoms. The highest BCUT2D eigenvalue weighted by Crippen LogP contribution is 2.19. The van der Waals surface area contributed by atoms with Gasteiger partial charge in [0.15, 0.2) is 6.61 Å². The van der Waals surface area contributed by atoms with Crippen LogP contribution in [0.15, 0.2) is 18.2 Å². The van der Waals surface area contributed by atoms with Gasteiger partial charge < -0.3 is 10.1 Å². The highest BCUT2D eigenvalue weighted by atomic mass is 35.5. The van der Waals surface area contributed by atoms with E-state index in [0.717, 1.165) is 12.5 Å². The molecule has 8 heteroatoms. The van der Waals surface area contributed by atoms with Crippen LogP contribution in [0.2, 0.25) is 5.02 Å². The van der Waals surface area contributed by atoms with Crippen molar-refractivity contribution in [2.24, 2.45) is 5.92 Å². The lowest BCUT2D eigenvalue weighted by atomic mass is 10.1. The predicted molar refractivity (Wildman–Crippen MR) is 82.7 cm³/mol. The SMILES string of the molecule is CC(C)CCNC(=O)NC(=O)COC(=O)c1c(F)cccc1Cl. The Bertz CT molecular complexity index is 573. The normalized spacial score (nSPS) is 10.3. The molecule has 0 unspecified atom stereocenters. The van der Waals surface area contributed by atoms with Gasteiger partial charge >= 0.3 is 12.0 Å². The Morgan fingerprint density at radius 2 is 2.00 bits per heavy atom. The van der Waals surface area contributed by atoms with Gasteiger partial charge in [0.05, 0.1) is 5.02 Å². The van der Waals surface area contributed by atoms with E-state index in [2.05, 4.69) is 10.1 Å². The fourth-order valence-corrected chi connectivity index (χ4v) is 1.82. The Morgan fingerprint density at radius 3 is 2.61 bits per heavy atom. The lowest BCUT2D eigenvalue weighted by molar-refractivity contribution is -0.123. The van der Waals surface area contributed by atoms with Crippen LogP contribution in [0, 0.1) is 11.7 Å². The number of carbonyl (C=O) groups excluding carboxylic acids is 3. The number of benzene rings is 1. The maximum atomic E-state index is 13.5. The molecule has 0 saturated carbocycles. The highest BCUT2D eigenvalue weighted by molar-refractivity contribution is 6.33. The van der Waals surface area contributed by atoms with Gasteiger partial charge in [0.25, 0.3) is 5.91 Å². The summed E-state index contributed by atoms with van der Waals surface area (Å²) in [5.74, 6) is -2.34. The molecule has 3 amide bonds. The van der Waals surface area contributed by atoms with Crippen LogP contribution in [-0.2, 0) is 9.53 Å². The van der Waals surface area contributed by atoms with Crippen molar-refractivity contribution in [1.29, 1.82) is 0 Å². The third kappa shape index (κ3) is 6.65. The average molecular weight is 345 g/mol. The van der Waals surface area contributed by atoms with Gasteiger partial charge in [-0.25, -0.2) is 14.0 Å². The molecular weight excluding hydrogens is 327 g/mol. The number of esters is 1. The number of amides is 3. The minimum atomic E-state index is -1.08. The minimum Gasteiger partial charge on any atom is -0.452 e. The quantitative estimate of drug-likeness (QED) is 0.776. The van der Waals surface area contributed by atoms with Gasteiger partial charge in [-0.15, -0.1) is 0 Å². The van der Waals surface area contributed by atoms with E-state index in [9.17, 15) is 18.8 Å². The number of imide groups is 1. The predicted octanol–water partition coefficient (Wildman–Crippen LogP) is 2.51. The molecule has 0 heterocycles. The van der Waals surface area contributed by atoms with Gasteiger partial charge in [0.2, 0.25) is 0 Å². The first-order valence-electron chi connectivity index (χ1n) is 7.00. The van der Waals surface area contributed by atoms with Crippen molar-refractivity contribution in [3.63, 3.8) is 0 Å². The van der Waals surface area contributed by atoms with E-state index in [0.29, 0.717) is 12.5 Å². The Kier molecular flexibility index (Phi) is 7.47. The van der Waals surface area contributed by atoms with E-state index in [1.807, 2.05) is 19.2 Å². The van der Waals surface area contributed by atoms with E-state index in [1.165, 1.54) is 12.1 Å². The van der Waals surface area contributed by atoms with Crippen LogP contribution >= 0.6 is 11.6 Å². The third-order valence-corrected chi connectivity index (χ3v) is 3.08. The van der Waals surface area contributed by atoms with Crippen LogP contribution in [0.3, 0.4) is 0 Å². The molecule has 2 N–H and O–H groups in total. The zero-order chi connectivity index (χ0) is 17.4. The largest absolute Gasteiger partial charge is 0.452 e. The van der Waals surface area contributed by atoms with E-state index in [4.69, 9.17) is 11.6 Å². The second-order valence-electron chi connectivity index (χ2n) is 5.16. The molecule has 1 rings (SSSR count). The van der Waals surface area contributed by atoms with Gasteiger partial charge in [0, 0.05) is 6.54 Å². The summed E-state index contributed by atoms with van der Waals surface area (Å²) in [6.45, 7) is 3.69. The summed E-state index contributed by atoms with van der Waals surface area (Å²) in [6, 6.07) is 3.02. The molecule has 1 aromatic carbocycles. The monoisotopic (exact) mass is 344 g/mol. The number of nitrogens with one attached hydrogen (secondary N) is 2.